The minimum absolute atomic E-state index is 1.17. The second-order valence-electron chi connectivity index (χ2n) is 4.76. The van der Waals surface area contributed by atoms with Crippen LogP contribution < -0.4 is 0 Å². The molecule has 0 heterocycles. The molecule has 0 saturated heterocycles. The molecule has 0 radical (unpaired) electrons. The van der Waals surface area contributed by atoms with Gasteiger partial charge in [0.15, 0.2) is 0 Å². The van der Waals surface area contributed by atoms with E-state index in [0.29, 0.717) is 0 Å². The molecule has 0 fully saturated rings. The van der Waals surface area contributed by atoms with Crippen molar-refractivity contribution in [2.24, 2.45) is 0 Å². The quantitative estimate of drug-likeness (QED) is 0.232. The second-order valence-corrected chi connectivity index (χ2v) is 7.69. The lowest BCUT2D eigenvalue weighted by atomic mass is 10.3. The molecule has 0 unspecified atom stereocenters. The van der Waals surface area contributed by atoms with Crippen LogP contribution in [0.1, 0.15) is 6.92 Å². The van der Waals surface area contributed by atoms with Crippen LogP contribution >= 0.6 is 0 Å². The van der Waals surface area contributed by atoms with Crippen molar-refractivity contribution in [3.8, 4) is 0 Å². The van der Waals surface area contributed by atoms with Crippen molar-refractivity contribution in [1.82, 2.24) is 0 Å². The second kappa shape index (κ2) is 9.94. The van der Waals surface area contributed by atoms with Gasteiger partial charge in [-0.2, -0.15) is 78.3 Å². The zero-order valence-corrected chi connectivity index (χ0v) is 15.7. The Balaban J connectivity index is -0.000000450. The summed E-state index contributed by atoms with van der Waals surface area (Å²) in [5, 5.41) is 2.00. The minimum atomic E-state index is -6.85. The van der Waals surface area contributed by atoms with E-state index in [0.717, 1.165) is 0 Å². The molecule has 198 valence electrons. The summed E-state index contributed by atoms with van der Waals surface area (Å²) in [5.41, 5.74) is 0. The summed E-state index contributed by atoms with van der Waals surface area (Å²) in [7, 11) is -13.7. The van der Waals surface area contributed by atoms with Crippen molar-refractivity contribution >= 4 is 20.2 Å². The molecule has 0 aromatic carbocycles. The molecule has 0 aliphatic carbocycles. The number of aliphatic hydroxyl groups is 2. The molecule has 24 heteroatoms. The first kappa shape index (κ1) is 35.4. The first-order valence-corrected chi connectivity index (χ1v) is 9.06. The normalized spacial score (nSPS) is 14.9. The molecule has 0 aromatic heterocycles. The van der Waals surface area contributed by atoms with Crippen LogP contribution in [0.3, 0.4) is 0 Å². The smallest absolute Gasteiger partial charge is 0.368 e. The van der Waals surface area contributed by atoms with Crippen LogP contribution in [0, 0.1) is 0 Å². The van der Waals surface area contributed by atoms with Crippen molar-refractivity contribution in [2.45, 2.75) is 47.9 Å². The molecule has 0 saturated carbocycles. The van der Waals surface area contributed by atoms with E-state index in [4.69, 9.17) is 19.3 Å². The van der Waals surface area contributed by atoms with Gasteiger partial charge in [0.05, 0.1) is 0 Å². The van der Waals surface area contributed by atoms with E-state index in [-0.39, 0.29) is 0 Å². The molecule has 0 aliphatic rings. The van der Waals surface area contributed by atoms with Crippen molar-refractivity contribution < 1.29 is 97.6 Å². The fourth-order valence-electron chi connectivity index (χ4n) is 0.654. The Morgan fingerprint density at radius 1 is 0.531 bits per heavy atom. The molecule has 4 N–H and O–H groups in total. The SMILES string of the molecule is CC(O)O.O=S(=O)(O)C(F)(F)C(F)(F)C(F)(F)F.O=S(=O)(O)C(F)(F)C(F)(F)C(F)(F)F. The van der Waals surface area contributed by atoms with E-state index in [1.165, 1.54) is 6.92 Å². The van der Waals surface area contributed by atoms with Gasteiger partial charge >= 0.3 is 54.9 Å². The fraction of sp³-hybridized carbons (Fsp3) is 1.00. The predicted octanol–water partition coefficient (Wildman–Crippen LogP) is 2.65. The number of alkyl halides is 14. The molecule has 0 aromatic rings. The number of aliphatic hydroxyl groups excluding tert-OH is 1. The molecule has 0 spiro atoms. The summed E-state index contributed by atoms with van der Waals surface area (Å²) >= 11 is 0. The zero-order valence-electron chi connectivity index (χ0n) is 14.1. The first-order valence-electron chi connectivity index (χ1n) is 6.18. The molecule has 32 heavy (non-hydrogen) atoms. The Labute approximate surface area is 166 Å². The predicted molar refractivity (Wildman–Crippen MR) is 68.9 cm³/mol. The highest BCUT2D eigenvalue weighted by atomic mass is 32.2. The Morgan fingerprint density at radius 3 is 0.688 bits per heavy atom. The lowest BCUT2D eigenvalue weighted by molar-refractivity contribution is -0.333. The Kier molecular flexibility index (Phi) is 11.0. The van der Waals surface area contributed by atoms with Gasteiger partial charge in [0.1, 0.15) is 6.29 Å². The highest BCUT2D eigenvalue weighted by Gasteiger charge is 2.79. The summed E-state index contributed by atoms with van der Waals surface area (Å²) in [6.07, 6.45) is -14.7. The third-order valence-corrected chi connectivity index (χ3v) is 3.90. The van der Waals surface area contributed by atoms with Crippen LogP contribution in [0.25, 0.3) is 0 Å². The van der Waals surface area contributed by atoms with Crippen molar-refractivity contribution in [3.63, 3.8) is 0 Å². The number of hydrogen-bond acceptors (Lipinski definition) is 6. The van der Waals surface area contributed by atoms with Crippen molar-refractivity contribution in [2.75, 3.05) is 0 Å². The highest BCUT2D eigenvalue weighted by molar-refractivity contribution is 7.87. The average molecular weight is 562 g/mol. The topological polar surface area (TPSA) is 149 Å². The molecular weight excluding hydrogens is 554 g/mol. The van der Waals surface area contributed by atoms with E-state index in [9.17, 15) is 78.3 Å². The zero-order chi connectivity index (χ0) is 27.6. The van der Waals surface area contributed by atoms with E-state index < -0.39 is 61.2 Å². The van der Waals surface area contributed by atoms with Gasteiger partial charge in [0.25, 0.3) is 0 Å². The summed E-state index contributed by atoms with van der Waals surface area (Å²) in [4.78, 5) is 0. The summed E-state index contributed by atoms with van der Waals surface area (Å²) in [6, 6.07) is 0. The summed E-state index contributed by atoms with van der Waals surface area (Å²) < 4.78 is 216. The molecule has 0 bridgehead atoms. The van der Waals surface area contributed by atoms with Gasteiger partial charge in [-0.25, -0.2) is 0 Å². The fourth-order valence-corrected chi connectivity index (χ4v) is 1.53. The number of rotatable bonds is 4. The van der Waals surface area contributed by atoms with Gasteiger partial charge in [-0.1, -0.05) is 0 Å². The van der Waals surface area contributed by atoms with Gasteiger partial charge in [-0.3, -0.25) is 9.11 Å². The summed E-state index contributed by atoms with van der Waals surface area (Å²) in [5.74, 6) is -13.7. The van der Waals surface area contributed by atoms with Crippen molar-refractivity contribution in [1.29, 1.82) is 0 Å². The Bertz CT molecular complexity index is 742. The van der Waals surface area contributed by atoms with E-state index in [2.05, 4.69) is 0 Å². The van der Waals surface area contributed by atoms with Crippen LogP contribution in [0.5, 0.6) is 0 Å². The van der Waals surface area contributed by atoms with Crippen LogP contribution in [0.4, 0.5) is 61.5 Å². The Morgan fingerprint density at radius 2 is 0.656 bits per heavy atom. The summed E-state index contributed by atoms with van der Waals surface area (Å²) in [6.45, 7) is 1.28. The maximum absolute atomic E-state index is 11.9. The van der Waals surface area contributed by atoms with Crippen LogP contribution in [0.15, 0.2) is 0 Å². The maximum Gasteiger partial charge on any atom is 0.461 e. The number of hydrogen-bond donors (Lipinski definition) is 4. The maximum atomic E-state index is 11.9. The highest BCUT2D eigenvalue weighted by Crippen LogP contribution is 2.49. The van der Waals surface area contributed by atoms with Crippen molar-refractivity contribution in [3.05, 3.63) is 0 Å². The molecular formula is C8H8F14O8S2. The van der Waals surface area contributed by atoms with Crippen LogP contribution in [-0.4, -0.2) is 77.2 Å². The van der Waals surface area contributed by atoms with Gasteiger partial charge in [0.2, 0.25) is 0 Å². The molecule has 0 atom stereocenters. The molecule has 0 amide bonds. The third-order valence-electron chi connectivity index (χ3n) is 2.09. The van der Waals surface area contributed by atoms with Gasteiger partial charge in [0, 0.05) is 0 Å². The van der Waals surface area contributed by atoms with Gasteiger partial charge < -0.3 is 10.2 Å². The van der Waals surface area contributed by atoms with E-state index in [1.54, 1.807) is 0 Å². The number of halogens is 14. The minimum Gasteiger partial charge on any atom is -0.368 e. The average Bonchev–Trinajstić information content (AvgIpc) is 2.41. The monoisotopic (exact) mass is 562 g/mol. The van der Waals surface area contributed by atoms with Gasteiger partial charge in [-0.05, 0) is 6.92 Å². The standard InChI is InChI=1S/2C3HF7O3S.C2H6O2/c2*4-1(5,2(6,7)8)3(9,10)14(11,12)13;1-2(3)4/h2*(H,11,12,13);2-4H,1H3. The Hall–Kier alpha value is -1.24. The lowest BCUT2D eigenvalue weighted by Gasteiger charge is -2.25. The molecule has 8 nitrogen and oxygen atoms in total. The van der Waals surface area contributed by atoms with Crippen LogP contribution in [-0.2, 0) is 20.2 Å². The molecule has 0 aliphatic heterocycles. The van der Waals surface area contributed by atoms with E-state index >= 15 is 0 Å². The third kappa shape index (κ3) is 7.96. The van der Waals surface area contributed by atoms with E-state index in [1.807, 2.05) is 0 Å². The lowest BCUT2D eigenvalue weighted by Crippen LogP contribution is -2.55. The largest absolute Gasteiger partial charge is 0.461 e. The van der Waals surface area contributed by atoms with Crippen LogP contribution in [0.2, 0.25) is 0 Å². The van der Waals surface area contributed by atoms with Gasteiger partial charge in [-0.15, -0.1) is 0 Å². The first-order chi connectivity index (χ1) is 13.2. The molecule has 0 rings (SSSR count).